The minimum absolute atomic E-state index is 0.286. The third-order valence-electron chi connectivity index (χ3n) is 1.08. The van der Waals surface area contributed by atoms with Gasteiger partial charge in [-0.05, 0) is 0 Å². The number of aliphatic hydroxyl groups is 1. The summed E-state index contributed by atoms with van der Waals surface area (Å²) < 4.78 is 0. The highest BCUT2D eigenvalue weighted by atomic mass is 35.5. The Morgan fingerprint density at radius 2 is 2.00 bits per heavy atom. The first-order valence-electron chi connectivity index (χ1n) is 3.27. The first kappa shape index (κ1) is 12.2. The predicted molar refractivity (Wildman–Crippen MR) is 57.5 cm³/mol. The lowest BCUT2D eigenvalue weighted by Crippen LogP contribution is -2.16. The Morgan fingerprint density at radius 3 is 2.36 bits per heavy atom. The zero-order valence-corrected chi connectivity index (χ0v) is 9.26. The van der Waals surface area contributed by atoms with Crippen molar-refractivity contribution in [3.05, 3.63) is 0 Å². The van der Waals surface area contributed by atoms with Crippen molar-refractivity contribution in [1.82, 2.24) is 0 Å². The highest BCUT2D eigenvalue weighted by Crippen LogP contribution is 2.15. The van der Waals surface area contributed by atoms with Crippen LogP contribution in [0.4, 0.5) is 0 Å². The lowest BCUT2D eigenvalue weighted by Gasteiger charge is -2.12. The van der Waals surface area contributed by atoms with Crippen molar-refractivity contribution in [2.45, 2.75) is 11.4 Å². The Kier molecular flexibility index (Phi) is 8.75. The molecule has 0 aromatic rings. The van der Waals surface area contributed by atoms with Crippen LogP contribution < -0.4 is 0 Å². The van der Waals surface area contributed by atoms with Gasteiger partial charge in [0.2, 0.25) is 0 Å². The molecule has 0 saturated carbocycles. The number of alkyl halides is 2. The number of thioether (sulfide) groups is 1. The molecule has 0 heterocycles. The van der Waals surface area contributed by atoms with Crippen molar-refractivity contribution >= 4 is 47.6 Å². The summed E-state index contributed by atoms with van der Waals surface area (Å²) in [6.07, 6.45) is -0.424. The molecular formula is C6H12Cl2OS2. The molecule has 0 radical (unpaired) electrons. The molecule has 68 valence electrons. The number of halogens is 2. The van der Waals surface area contributed by atoms with E-state index in [2.05, 4.69) is 12.6 Å². The monoisotopic (exact) mass is 234 g/mol. The molecule has 2 unspecified atom stereocenters. The van der Waals surface area contributed by atoms with Gasteiger partial charge < -0.3 is 5.11 Å². The Balaban J connectivity index is 3.34. The van der Waals surface area contributed by atoms with E-state index in [1.165, 1.54) is 0 Å². The van der Waals surface area contributed by atoms with E-state index in [0.717, 1.165) is 5.75 Å². The summed E-state index contributed by atoms with van der Waals surface area (Å²) in [7, 11) is 0. The fourth-order valence-corrected chi connectivity index (χ4v) is 2.46. The van der Waals surface area contributed by atoms with Crippen LogP contribution in [-0.2, 0) is 0 Å². The van der Waals surface area contributed by atoms with E-state index in [9.17, 15) is 0 Å². The van der Waals surface area contributed by atoms with E-state index in [4.69, 9.17) is 28.3 Å². The van der Waals surface area contributed by atoms with E-state index < -0.39 is 6.10 Å². The third kappa shape index (κ3) is 6.41. The molecule has 0 saturated heterocycles. The summed E-state index contributed by atoms with van der Waals surface area (Å²) in [4.78, 5) is 0. The number of aliphatic hydroxyl groups excluding tert-OH is 1. The summed E-state index contributed by atoms with van der Waals surface area (Å²) in [6.45, 7) is 0. The molecular weight excluding hydrogens is 223 g/mol. The SMILES string of the molecule is OC(CCl)CSC(CS)CCl. The van der Waals surface area contributed by atoms with E-state index >= 15 is 0 Å². The van der Waals surface area contributed by atoms with Gasteiger partial charge in [-0.2, -0.15) is 24.4 Å². The molecule has 0 fully saturated rings. The molecule has 0 aromatic heterocycles. The first-order valence-corrected chi connectivity index (χ1v) is 6.02. The fraction of sp³-hybridized carbons (Fsp3) is 1.00. The van der Waals surface area contributed by atoms with Gasteiger partial charge in [-0.3, -0.25) is 0 Å². The Hall–Kier alpha value is 1.24. The van der Waals surface area contributed by atoms with Crippen molar-refractivity contribution in [2.24, 2.45) is 0 Å². The summed E-state index contributed by atoms with van der Waals surface area (Å²) in [5, 5.41) is 9.39. The molecule has 2 atom stereocenters. The van der Waals surface area contributed by atoms with Gasteiger partial charge in [-0.25, -0.2) is 0 Å². The maximum absolute atomic E-state index is 9.08. The molecule has 1 nitrogen and oxygen atoms in total. The van der Waals surface area contributed by atoms with Crippen LogP contribution in [0.15, 0.2) is 0 Å². The van der Waals surface area contributed by atoms with Gasteiger partial charge in [0, 0.05) is 28.5 Å². The highest BCUT2D eigenvalue weighted by molar-refractivity contribution is 8.00. The Bertz CT molecular complexity index is 90.7. The molecule has 0 rings (SSSR count). The van der Waals surface area contributed by atoms with Gasteiger partial charge >= 0.3 is 0 Å². The van der Waals surface area contributed by atoms with Crippen LogP contribution in [0.1, 0.15) is 0 Å². The smallest absolute Gasteiger partial charge is 0.0765 e. The second-order valence-electron chi connectivity index (χ2n) is 2.10. The zero-order valence-electron chi connectivity index (χ0n) is 6.04. The van der Waals surface area contributed by atoms with Crippen molar-refractivity contribution in [3.63, 3.8) is 0 Å². The summed E-state index contributed by atoms with van der Waals surface area (Å²) in [6, 6.07) is 0. The van der Waals surface area contributed by atoms with Crippen LogP contribution in [0.2, 0.25) is 0 Å². The third-order valence-corrected chi connectivity index (χ3v) is 4.06. The minimum atomic E-state index is -0.424. The van der Waals surface area contributed by atoms with Gasteiger partial charge in [0.1, 0.15) is 0 Å². The van der Waals surface area contributed by atoms with Crippen LogP contribution in [0.5, 0.6) is 0 Å². The second kappa shape index (κ2) is 7.87. The molecule has 0 aliphatic carbocycles. The van der Waals surface area contributed by atoms with Gasteiger partial charge in [-0.1, -0.05) is 0 Å². The lowest BCUT2D eigenvalue weighted by atomic mass is 10.5. The van der Waals surface area contributed by atoms with Crippen molar-refractivity contribution < 1.29 is 5.11 Å². The minimum Gasteiger partial charge on any atom is -0.391 e. The maximum atomic E-state index is 9.08. The number of thiol groups is 1. The Labute approximate surface area is 87.2 Å². The van der Waals surface area contributed by atoms with E-state index in [1.54, 1.807) is 11.8 Å². The molecule has 11 heavy (non-hydrogen) atoms. The predicted octanol–water partition coefficient (Wildman–Crippen LogP) is 1.86. The van der Waals surface area contributed by atoms with Crippen LogP contribution in [0.3, 0.4) is 0 Å². The highest BCUT2D eigenvalue weighted by Gasteiger charge is 2.08. The zero-order chi connectivity index (χ0) is 8.69. The van der Waals surface area contributed by atoms with Gasteiger partial charge in [0.25, 0.3) is 0 Å². The second-order valence-corrected chi connectivity index (χ2v) is 4.42. The average molecular weight is 235 g/mol. The van der Waals surface area contributed by atoms with Crippen LogP contribution >= 0.6 is 47.6 Å². The number of hydrogen-bond acceptors (Lipinski definition) is 3. The summed E-state index contributed by atoms with van der Waals surface area (Å²) >= 11 is 16.7. The van der Waals surface area contributed by atoms with E-state index in [0.29, 0.717) is 16.9 Å². The fourth-order valence-electron chi connectivity index (χ4n) is 0.438. The van der Waals surface area contributed by atoms with Gasteiger partial charge in [-0.15, -0.1) is 23.2 Å². The largest absolute Gasteiger partial charge is 0.391 e. The normalized spacial score (nSPS) is 16.4. The molecule has 5 heteroatoms. The molecule has 0 aromatic carbocycles. The van der Waals surface area contributed by atoms with Crippen LogP contribution in [0.25, 0.3) is 0 Å². The van der Waals surface area contributed by atoms with Crippen molar-refractivity contribution in [2.75, 3.05) is 23.3 Å². The summed E-state index contributed by atoms with van der Waals surface area (Å²) in [5.74, 6) is 2.24. The van der Waals surface area contributed by atoms with Crippen molar-refractivity contribution in [3.8, 4) is 0 Å². The van der Waals surface area contributed by atoms with E-state index in [-0.39, 0.29) is 5.88 Å². The van der Waals surface area contributed by atoms with Gasteiger partial charge in [0.05, 0.1) is 6.10 Å². The molecule has 0 spiro atoms. The standard InChI is InChI=1S/C6H12Cl2OS2/c7-1-5(9)4-11-6(2-8)3-10/h5-6,9-10H,1-4H2. The van der Waals surface area contributed by atoms with Crippen LogP contribution in [0, 0.1) is 0 Å². The lowest BCUT2D eigenvalue weighted by molar-refractivity contribution is 0.223. The van der Waals surface area contributed by atoms with Crippen LogP contribution in [-0.4, -0.2) is 39.7 Å². The average Bonchev–Trinajstić information content (AvgIpc) is 2.06. The number of rotatable bonds is 6. The van der Waals surface area contributed by atoms with Crippen molar-refractivity contribution in [1.29, 1.82) is 0 Å². The quantitative estimate of drug-likeness (QED) is 0.541. The molecule has 1 N–H and O–H groups in total. The molecule has 0 amide bonds. The number of hydrogen-bond donors (Lipinski definition) is 2. The first-order chi connectivity index (χ1) is 5.24. The molecule has 0 bridgehead atoms. The summed E-state index contributed by atoms with van der Waals surface area (Å²) in [5.41, 5.74) is 0. The Morgan fingerprint density at radius 1 is 1.36 bits per heavy atom. The van der Waals surface area contributed by atoms with Gasteiger partial charge in [0.15, 0.2) is 0 Å². The molecule has 0 aliphatic rings. The molecule has 0 aliphatic heterocycles. The van der Waals surface area contributed by atoms with E-state index in [1.807, 2.05) is 0 Å². The maximum Gasteiger partial charge on any atom is 0.0765 e. The topological polar surface area (TPSA) is 20.2 Å².